The molecule has 1 aromatic heterocycles. The maximum Gasteiger partial charge on any atom is 0.267 e. The number of aromatic nitrogens is 1. The van der Waals surface area contributed by atoms with Crippen LogP contribution in [0.25, 0.3) is 11.3 Å². The Kier molecular flexibility index (Phi) is 5.35. The van der Waals surface area contributed by atoms with Crippen molar-refractivity contribution >= 4 is 43.8 Å². The number of methoxy groups -OCH3 is 1. The molecule has 3 aromatic rings. The first-order valence-corrected chi connectivity index (χ1v) is 11.6. The van der Waals surface area contributed by atoms with Crippen molar-refractivity contribution < 1.29 is 17.9 Å². The number of amides is 1. The van der Waals surface area contributed by atoms with Crippen molar-refractivity contribution in [3.8, 4) is 17.0 Å². The van der Waals surface area contributed by atoms with E-state index in [0.717, 1.165) is 12.0 Å². The lowest BCUT2D eigenvalue weighted by atomic mass is 10.2. The Balaban J connectivity index is 1.63. The molecule has 2 aromatic carbocycles. The second kappa shape index (κ2) is 7.96. The molecule has 30 heavy (non-hydrogen) atoms. The van der Waals surface area contributed by atoms with Crippen LogP contribution < -0.4 is 20.1 Å². The van der Waals surface area contributed by atoms with Crippen LogP contribution in [0, 0.1) is 0 Å². The van der Waals surface area contributed by atoms with Crippen molar-refractivity contribution in [2.45, 2.75) is 17.7 Å². The Labute approximate surface area is 178 Å². The number of carbonyl (C=O) groups is 1. The molecule has 0 spiro atoms. The molecule has 0 bridgehead atoms. The number of nitrogens with two attached hydrogens (primary N) is 1. The number of ether oxygens (including phenoxy) is 1. The van der Waals surface area contributed by atoms with Gasteiger partial charge in [0.1, 0.15) is 10.6 Å². The van der Waals surface area contributed by atoms with E-state index in [1.54, 1.807) is 34.5 Å². The number of sulfonamides is 1. The van der Waals surface area contributed by atoms with Crippen LogP contribution in [0.15, 0.2) is 52.7 Å². The predicted molar refractivity (Wildman–Crippen MR) is 117 cm³/mol. The zero-order chi connectivity index (χ0) is 21.3. The van der Waals surface area contributed by atoms with E-state index in [-0.39, 0.29) is 21.7 Å². The van der Waals surface area contributed by atoms with Crippen LogP contribution in [-0.2, 0) is 14.8 Å². The summed E-state index contributed by atoms with van der Waals surface area (Å²) in [6.45, 7) is 0.565. The number of nitrogen functional groups attached to an aromatic ring is 1. The summed E-state index contributed by atoms with van der Waals surface area (Å²) in [7, 11) is -2.59. The Morgan fingerprint density at radius 3 is 2.63 bits per heavy atom. The number of anilines is 3. The van der Waals surface area contributed by atoms with E-state index < -0.39 is 10.0 Å². The number of carbonyl (C=O) groups excluding carboxylic acids is 1. The van der Waals surface area contributed by atoms with Gasteiger partial charge in [0.25, 0.3) is 10.0 Å². The maximum atomic E-state index is 13.1. The smallest absolute Gasteiger partial charge is 0.267 e. The Bertz CT molecular complexity index is 1190. The van der Waals surface area contributed by atoms with Gasteiger partial charge < -0.3 is 15.4 Å². The largest absolute Gasteiger partial charge is 0.495 e. The number of hydrogen-bond acceptors (Lipinski definition) is 7. The normalized spacial score (nSPS) is 14.2. The van der Waals surface area contributed by atoms with Gasteiger partial charge in [-0.15, -0.1) is 11.3 Å². The van der Waals surface area contributed by atoms with Gasteiger partial charge >= 0.3 is 0 Å². The van der Waals surface area contributed by atoms with Crippen LogP contribution in [-0.4, -0.2) is 33.0 Å². The van der Waals surface area contributed by atoms with Gasteiger partial charge in [-0.2, -0.15) is 0 Å². The quantitative estimate of drug-likeness (QED) is 0.564. The van der Waals surface area contributed by atoms with Crippen LogP contribution in [0.3, 0.4) is 0 Å². The molecule has 1 aliphatic rings. The predicted octanol–water partition coefficient (Wildman–Crippen LogP) is 3.33. The molecule has 0 atom stereocenters. The molecule has 0 aliphatic carbocycles. The lowest BCUT2D eigenvalue weighted by Crippen LogP contribution is -2.24. The first-order valence-electron chi connectivity index (χ1n) is 9.20. The fraction of sp³-hybridized carbons (Fsp3) is 0.200. The summed E-state index contributed by atoms with van der Waals surface area (Å²) >= 11 is 1.18. The van der Waals surface area contributed by atoms with Gasteiger partial charge in [0.05, 0.1) is 12.8 Å². The van der Waals surface area contributed by atoms with Gasteiger partial charge in [0.2, 0.25) is 5.91 Å². The van der Waals surface area contributed by atoms with Crippen molar-refractivity contribution in [3.05, 3.63) is 47.8 Å². The van der Waals surface area contributed by atoms with E-state index in [0.29, 0.717) is 30.0 Å². The summed E-state index contributed by atoms with van der Waals surface area (Å²) in [6.07, 6.45) is 1.21. The van der Waals surface area contributed by atoms with Crippen LogP contribution in [0.4, 0.5) is 16.5 Å². The molecule has 0 radical (unpaired) electrons. The Hall–Kier alpha value is -3.11. The Morgan fingerprint density at radius 2 is 1.97 bits per heavy atom. The molecule has 8 nitrogen and oxygen atoms in total. The molecule has 1 saturated heterocycles. The third-order valence-electron chi connectivity index (χ3n) is 4.75. The molecule has 4 rings (SSSR count). The van der Waals surface area contributed by atoms with E-state index in [9.17, 15) is 13.2 Å². The van der Waals surface area contributed by atoms with Crippen LogP contribution >= 0.6 is 11.3 Å². The molecule has 1 fully saturated rings. The average Bonchev–Trinajstić information content (AvgIpc) is 3.36. The highest BCUT2D eigenvalue weighted by Crippen LogP contribution is 2.33. The van der Waals surface area contributed by atoms with Crippen molar-refractivity contribution in [1.82, 2.24) is 4.98 Å². The third kappa shape index (κ3) is 3.96. The Morgan fingerprint density at radius 1 is 1.20 bits per heavy atom. The van der Waals surface area contributed by atoms with Crippen LogP contribution in [0.5, 0.6) is 5.75 Å². The number of rotatable bonds is 6. The minimum atomic E-state index is -3.99. The summed E-state index contributed by atoms with van der Waals surface area (Å²) in [5.74, 6) is 0.165. The van der Waals surface area contributed by atoms with Crippen molar-refractivity contribution in [3.63, 3.8) is 0 Å². The highest BCUT2D eigenvalue weighted by atomic mass is 32.2. The molecule has 1 amide bonds. The number of benzene rings is 2. The highest BCUT2D eigenvalue weighted by molar-refractivity contribution is 7.93. The van der Waals surface area contributed by atoms with Gasteiger partial charge in [-0.1, -0.05) is 12.1 Å². The van der Waals surface area contributed by atoms with Gasteiger partial charge in [-0.05, 0) is 36.8 Å². The zero-order valence-corrected chi connectivity index (χ0v) is 17.8. The van der Waals surface area contributed by atoms with Crippen molar-refractivity contribution in [2.24, 2.45) is 0 Å². The van der Waals surface area contributed by atoms with E-state index in [4.69, 9.17) is 10.5 Å². The minimum absolute atomic E-state index is 0.0236. The number of thiazole rings is 1. The van der Waals surface area contributed by atoms with Crippen LogP contribution in [0.1, 0.15) is 12.8 Å². The average molecular weight is 445 g/mol. The summed E-state index contributed by atoms with van der Waals surface area (Å²) in [4.78, 5) is 18.0. The maximum absolute atomic E-state index is 13.1. The highest BCUT2D eigenvalue weighted by Gasteiger charge is 2.26. The SMILES string of the molecule is COc1ccc(N2CCCC2=O)cc1S(=O)(=O)Nc1nc(-c2ccc(N)cc2)cs1. The number of hydrogen-bond donors (Lipinski definition) is 2. The zero-order valence-electron chi connectivity index (χ0n) is 16.2. The number of nitrogens with one attached hydrogen (secondary N) is 1. The topological polar surface area (TPSA) is 115 Å². The molecule has 156 valence electrons. The fourth-order valence-corrected chi connectivity index (χ4v) is 5.40. The van der Waals surface area contributed by atoms with Crippen molar-refractivity contribution in [1.29, 1.82) is 0 Å². The summed E-state index contributed by atoms with van der Waals surface area (Å²) in [5, 5.41) is 1.99. The summed E-state index contributed by atoms with van der Waals surface area (Å²) < 4.78 is 33.9. The molecular formula is C20H20N4O4S2. The summed E-state index contributed by atoms with van der Waals surface area (Å²) in [5.41, 5.74) is 8.34. The number of nitrogens with zero attached hydrogens (tertiary/aromatic N) is 2. The van der Waals surface area contributed by atoms with E-state index >= 15 is 0 Å². The molecule has 0 saturated carbocycles. The van der Waals surface area contributed by atoms with Crippen LogP contribution in [0.2, 0.25) is 0 Å². The lowest BCUT2D eigenvalue weighted by Gasteiger charge is -2.18. The van der Waals surface area contributed by atoms with Gasteiger partial charge in [-0.3, -0.25) is 9.52 Å². The molecule has 2 heterocycles. The van der Waals surface area contributed by atoms with Gasteiger partial charge in [0.15, 0.2) is 5.13 Å². The second-order valence-corrected chi connectivity index (χ2v) is 9.26. The molecule has 0 unspecified atom stereocenters. The fourth-order valence-electron chi connectivity index (χ4n) is 3.24. The lowest BCUT2D eigenvalue weighted by molar-refractivity contribution is -0.117. The van der Waals surface area contributed by atoms with E-state index in [2.05, 4.69) is 9.71 Å². The van der Waals surface area contributed by atoms with Gasteiger partial charge in [0, 0.05) is 35.3 Å². The summed E-state index contributed by atoms with van der Waals surface area (Å²) in [6, 6.07) is 11.9. The molecule has 10 heteroatoms. The van der Waals surface area contributed by atoms with E-state index in [1.165, 1.54) is 24.5 Å². The first-order chi connectivity index (χ1) is 14.4. The van der Waals surface area contributed by atoms with Gasteiger partial charge in [-0.25, -0.2) is 13.4 Å². The first kappa shape index (κ1) is 20.2. The van der Waals surface area contributed by atoms with Crippen molar-refractivity contribution in [2.75, 3.05) is 29.0 Å². The molecule has 1 aliphatic heterocycles. The standard InChI is InChI=1S/C20H20N4O4S2/c1-28-17-9-8-15(24-10-2-3-19(24)25)11-18(17)30(26,27)23-20-22-16(12-29-20)13-4-6-14(21)7-5-13/h4-9,11-12H,2-3,10,21H2,1H3,(H,22,23). The second-order valence-electron chi connectivity index (χ2n) is 6.75. The molecule has 3 N–H and O–H groups in total. The molecular weight excluding hydrogens is 424 g/mol. The third-order valence-corrected chi connectivity index (χ3v) is 7.00. The minimum Gasteiger partial charge on any atom is -0.495 e. The van der Waals surface area contributed by atoms with E-state index in [1.807, 2.05) is 12.1 Å². The monoisotopic (exact) mass is 444 g/mol.